The molecule has 3 aromatic carbocycles. The quantitative estimate of drug-likeness (QED) is 0.111. The van der Waals surface area contributed by atoms with Crippen LogP contribution in [0.3, 0.4) is 0 Å². The average molecular weight is 492 g/mol. The smallest absolute Gasteiger partial charge is 0.156 e. The molecule has 0 amide bonds. The molecule has 0 radical (unpaired) electrons. The van der Waals surface area contributed by atoms with E-state index < -0.39 is 7.26 Å². The summed E-state index contributed by atoms with van der Waals surface area (Å²) < 4.78 is 10.5. The van der Waals surface area contributed by atoms with Crippen LogP contribution < -0.4 is 15.9 Å². The zero-order valence-electron chi connectivity index (χ0n) is 21.8. The Kier molecular flexibility index (Phi) is 12.5. The fraction of sp³-hybridized carbons (Fsp3) is 0.438. The van der Waals surface area contributed by atoms with Crippen LogP contribution in [0.2, 0.25) is 0 Å². The van der Waals surface area contributed by atoms with Gasteiger partial charge in [0.05, 0.1) is 6.16 Å². The molecule has 0 unspecified atom stereocenters. The number of hydrogen-bond acceptors (Lipinski definition) is 2. The van der Waals surface area contributed by atoms with Gasteiger partial charge in [0.2, 0.25) is 0 Å². The van der Waals surface area contributed by atoms with Gasteiger partial charge in [0.25, 0.3) is 0 Å². The SMILES string of the molecule is COC(CCCCCCCCCCC[P+](c1ccccc1)(c1ccccc1)c1ccccc1)OC. The first-order valence-corrected chi connectivity index (χ1v) is 15.4. The van der Waals surface area contributed by atoms with Crippen LogP contribution in [0.15, 0.2) is 91.0 Å². The minimum absolute atomic E-state index is 0.0346. The van der Waals surface area contributed by atoms with Gasteiger partial charge in [-0.15, -0.1) is 0 Å². The van der Waals surface area contributed by atoms with Crippen molar-refractivity contribution in [1.82, 2.24) is 0 Å². The molecule has 3 aromatic rings. The lowest BCUT2D eigenvalue weighted by atomic mass is 10.1. The molecule has 0 atom stereocenters. The Morgan fingerprint density at radius 2 is 0.829 bits per heavy atom. The van der Waals surface area contributed by atoms with E-state index in [9.17, 15) is 0 Å². The van der Waals surface area contributed by atoms with Crippen LogP contribution in [0.1, 0.15) is 64.2 Å². The van der Waals surface area contributed by atoms with Crippen LogP contribution in [-0.2, 0) is 9.47 Å². The van der Waals surface area contributed by atoms with Gasteiger partial charge < -0.3 is 9.47 Å². The Morgan fingerprint density at radius 3 is 1.20 bits per heavy atom. The molecule has 0 saturated carbocycles. The van der Waals surface area contributed by atoms with E-state index in [1.807, 2.05) is 0 Å². The summed E-state index contributed by atoms with van der Waals surface area (Å²) in [6.07, 6.45) is 14.0. The summed E-state index contributed by atoms with van der Waals surface area (Å²) in [4.78, 5) is 0. The Bertz CT molecular complexity index is 813. The van der Waals surface area contributed by atoms with E-state index in [1.165, 1.54) is 79.9 Å². The molecule has 0 spiro atoms. The van der Waals surface area contributed by atoms with Gasteiger partial charge in [-0.05, 0) is 62.1 Å². The lowest BCUT2D eigenvalue weighted by Gasteiger charge is -2.27. The maximum Gasteiger partial charge on any atom is 0.156 e. The van der Waals surface area contributed by atoms with E-state index in [-0.39, 0.29) is 6.29 Å². The van der Waals surface area contributed by atoms with Crippen molar-refractivity contribution in [2.75, 3.05) is 20.4 Å². The van der Waals surface area contributed by atoms with Crippen LogP contribution >= 0.6 is 7.26 Å². The largest absolute Gasteiger partial charge is 0.356 e. The highest BCUT2D eigenvalue weighted by Crippen LogP contribution is 2.55. The first kappa shape index (κ1) is 27.6. The average Bonchev–Trinajstić information content (AvgIpc) is 2.93. The second-order valence-corrected chi connectivity index (χ2v) is 13.0. The molecule has 0 aliphatic carbocycles. The molecule has 188 valence electrons. The van der Waals surface area contributed by atoms with Crippen molar-refractivity contribution in [3.05, 3.63) is 91.0 Å². The third-order valence-corrected chi connectivity index (χ3v) is 11.6. The first-order valence-electron chi connectivity index (χ1n) is 13.4. The molecule has 3 heteroatoms. The number of rotatable bonds is 17. The van der Waals surface area contributed by atoms with Crippen LogP contribution in [0.4, 0.5) is 0 Å². The summed E-state index contributed by atoms with van der Waals surface area (Å²) in [6, 6.07) is 33.8. The van der Waals surface area contributed by atoms with Gasteiger partial charge in [0.1, 0.15) is 23.2 Å². The summed E-state index contributed by atoms with van der Waals surface area (Å²) in [6.45, 7) is 0. The Labute approximate surface area is 214 Å². The Hall–Kier alpha value is -1.99. The van der Waals surface area contributed by atoms with E-state index in [4.69, 9.17) is 9.47 Å². The highest BCUT2D eigenvalue weighted by atomic mass is 31.2. The molecular formula is C32H44O2P+. The third-order valence-electron chi connectivity index (χ3n) is 7.05. The number of methoxy groups -OCH3 is 2. The predicted molar refractivity (Wildman–Crippen MR) is 154 cm³/mol. The molecule has 0 N–H and O–H groups in total. The van der Waals surface area contributed by atoms with Gasteiger partial charge in [0, 0.05) is 14.2 Å². The summed E-state index contributed by atoms with van der Waals surface area (Å²) in [7, 11) is 1.78. The first-order chi connectivity index (χ1) is 17.3. The van der Waals surface area contributed by atoms with Crippen molar-refractivity contribution in [3.8, 4) is 0 Å². The molecule has 35 heavy (non-hydrogen) atoms. The number of hydrogen-bond donors (Lipinski definition) is 0. The second-order valence-electron chi connectivity index (χ2n) is 9.41. The van der Waals surface area contributed by atoms with Crippen molar-refractivity contribution in [2.24, 2.45) is 0 Å². The van der Waals surface area contributed by atoms with E-state index in [2.05, 4.69) is 91.0 Å². The van der Waals surface area contributed by atoms with E-state index in [0.29, 0.717) is 0 Å². The topological polar surface area (TPSA) is 18.5 Å². The molecule has 0 fully saturated rings. The standard InChI is InChI=1S/C32H44O2P/c1-33-32(34-2)27-19-8-6-4-3-5-7-9-20-28-35(29-21-13-10-14-22-29,30-23-15-11-16-24-30)31-25-17-12-18-26-31/h10-18,21-26,32H,3-9,19-20,27-28H2,1-2H3/q+1. The molecule has 0 aromatic heterocycles. The van der Waals surface area contributed by atoms with Crippen molar-refractivity contribution in [3.63, 3.8) is 0 Å². The lowest BCUT2D eigenvalue weighted by molar-refractivity contribution is -0.107. The molecule has 0 aliphatic heterocycles. The van der Waals surface area contributed by atoms with Gasteiger partial charge in [0.15, 0.2) is 6.29 Å². The summed E-state index contributed by atoms with van der Waals surface area (Å²) in [5.74, 6) is 0. The van der Waals surface area contributed by atoms with Gasteiger partial charge in [-0.3, -0.25) is 0 Å². The van der Waals surface area contributed by atoms with Gasteiger partial charge in [-0.2, -0.15) is 0 Å². The second kappa shape index (κ2) is 15.9. The zero-order valence-corrected chi connectivity index (χ0v) is 22.7. The van der Waals surface area contributed by atoms with Gasteiger partial charge in [-0.25, -0.2) is 0 Å². The van der Waals surface area contributed by atoms with Crippen LogP contribution in [0.25, 0.3) is 0 Å². The van der Waals surface area contributed by atoms with E-state index in [1.54, 1.807) is 14.2 Å². The van der Waals surface area contributed by atoms with E-state index >= 15 is 0 Å². The third kappa shape index (κ3) is 8.28. The molecule has 0 heterocycles. The number of ether oxygens (including phenoxy) is 2. The summed E-state index contributed by atoms with van der Waals surface area (Å²) in [5, 5.41) is 4.50. The molecule has 0 saturated heterocycles. The molecule has 0 aliphatic rings. The van der Waals surface area contributed by atoms with Crippen molar-refractivity contribution in [2.45, 2.75) is 70.5 Å². The number of benzene rings is 3. The highest BCUT2D eigenvalue weighted by molar-refractivity contribution is 7.95. The predicted octanol–water partition coefficient (Wildman–Crippen LogP) is 7.50. The monoisotopic (exact) mass is 491 g/mol. The maximum atomic E-state index is 5.27. The summed E-state index contributed by atoms with van der Waals surface area (Å²) in [5.41, 5.74) is 0. The van der Waals surface area contributed by atoms with Crippen LogP contribution in [-0.4, -0.2) is 26.7 Å². The number of unbranched alkanes of at least 4 members (excludes halogenated alkanes) is 8. The molecule has 2 nitrogen and oxygen atoms in total. The Morgan fingerprint density at radius 1 is 0.486 bits per heavy atom. The Balaban J connectivity index is 1.53. The van der Waals surface area contributed by atoms with Crippen molar-refractivity contribution in [1.29, 1.82) is 0 Å². The lowest BCUT2D eigenvalue weighted by Crippen LogP contribution is -2.33. The normalized spacial score (nSPS) is 11.7. The van der Waals surface area contributed by atoms with Crippen LogP contribution in [0, 0.1) is 0 Å². The fourth-order valence-electron chi connectivity index (χ4n) is 5.11. The molecule has 3 rings (SSSR count). The molecule has 0 bridgehead atoms. The maximum absolute atomic E-state index is 5.27. The van der Waals surface area contributed by atoms with Crippen molar-refractivity contribution >= 4 is 23.2 Å². The van der Waals surface area contributed by atoms with E-state index in [0.717, 1.165) is 6.42 Å². The molecular weight excluding hydrogens is 447 g/mol. The summed E-state index contributed by atoms with van der Waals surface area (Å²) >= 11 is 0. The van der Waals surface area contributed by atoms with Gasteiger partial charge >= 0.3 is 0 Å². The van der Waals surface area contributed by atoms with Crippen molar-refractivity contribution < 1.29 is 9.47 Å². The minimum atomic E-state index is -1.66. The zero-order chi connectivity index (χ0) is 24.6. The highest BCUT2D eigenvalue weighted by Gasteiger charge is 2.44. The minimum Gasteiger partial charge on any atom is -0.356 e. The fourth-order valence-corrected chi connectivity index (χ4v) is 9.52. The van der Waals surface area contributed by atoms with Gasteiger partial charge in [-0.1, -0.05) is 93.1 Å². The van der Waals surface area contributed by atoms with Crippen LogP contribution in [0.5, 0.6) is 0 Å².